The smallest absolute Gasteiger partial charge is 0.410 e. The van der Waals surface area contributed by atoms with Gasteiger partial charge >= 0.3 is 12.1 Å². The first-order valence-electron chi connectivity index (χ1n) is 8.89. The summed E-state index contributed by atoms with van der Waals surface area (Å²) in [5.41, 5.74) is 2.05. The molecule has 3 rings (SSSR count). The molecule has 0 bridgehead atoms. The Balaban J connectivity index is 1.91. The van der Waals surface area contributed by atoms with Crippen LogP contribution in [-0.4, -0.2) is 44.5 Å². The second-order valence-corrected chi connectivity index (χ2v) is 7.62. The van der Waals surface area contributed by atoms with Crippen LogP contribution < -0.4 is 0 Å². The number of fused-ring (bicyclic) bond motifs is 1. The van der Waals surface area contributed by atoms with E-state index >= 15 is 0 Å². The molecular weight excluding hydrogens is 358 g/mol. The van der Waals surface area contributed by atoms with Gasteiger partial charge in [-0.25, -0.2) is 14.3 Å². The highest BCUT2D eigenvalue weighted by Gasteiger charge is 2.20. The van der Waals surface area contributed by atoms with E-state index in [2.05, 4.69) is 5.10 Å². The average molecular weight is 381 g/mol. The number of aromatic nitrogens is 2. The van der Waals surface area contributed by atoms with Crippen molar-refractivity contribution in [3.63, 3.8) is 0 Å². The van der Waals surface area contributed by atoms with Gasteiger partial charge in [-0.05, 0) is 50.6 Å². The molecule has 0 aliphatic carbocycles. The highest BCUT2D eigenvalue weighted by molar-refractivity contribution is 5.93. The summed E-state index contributed by atoms with van der Waals surface area (Å²) in [6.07, 6.45) is 1.38. The van der Waals surface area contributed by atoms with E-state index in [1.807, 2.05) is 45.0 Å². The fourth-order valence-corrected chi connectivity index (χ4v) is 2.81. The van der Waals surface area contributed by atoms with Crippen LogP contribution in [0.1, 0.15) is 36.7 Å². The summed E-state index contributed by atoms with van der Waals surface area (Å²) in [4.78, 5) is 25.0. The fraction of sp³-hybridized carbons (Fsp3) is 0.286. The number of nitrogens with zero attached hydrogens (tertiary/aromatic N) is 3. The van der Waals surface area contributed by atoms with Crippen LogP contribution in [0.4, 0.5) is 4.79 Å². The Morgan fingerprint density at radius 1 is 1.18 bits per heavy atom. The SMILES string of the molecule is CN(Cc1ccccc1-n1cc2cc(C(=O)O)ccc2n1)C(=O)OC(C)(C)C. The first-order chi connectivity index (χ1) is 13.1. The van der Waals surface area contributed by atoms with E-state index in [4.69, 9.17) is 9.84 Å². The Kier molecular flexibility index (Phi) is 5.09. The lowest BCUT2D eigenvalue weighted by molar-refractivity contribution is 0.0285. The van der Waals surface area contributed by atoms with Crippen LogP contribution in [0.3, 0.4) is 0 Å². The monoisotopic (exact) mass is 381 g/mol. The predicted molar refractivity (Wildman–Crippen MR) is 106 cm³/mol. The normalized spacial score (nSPS) is 11.4. The molecule has 0 saturated heterocycles. The van der Waals surface area contributed by atoms with Gasteiger partial charge in [0.2, 0.25) is 0 Å². The number of hydrogen-bond acceptors (Lipinski definition) is 4. The van der Waals surface area contributed by atoms with Crippen LogP contribution >= 0.6 is 0 Å². The van der Waals surface area contributed by atoms with Crippen molar-refractivity contribution < 1.29 is 19.4 Å². The molecule has 0 fully saturated rings. The second kappa shape index (κ2) is 7.34. The number of para-hydroxylation sites is 1. The number of carbonyl (C=O) groups is 2. The number of amides is 1. The number of benzene rings is 2. The molecule has 1 amide bonds. The predicted octanol–water partition coefficient (Wildman–Crippen LogP) is 4.09. The zero-order valence-electron chi connectivity index (χ0n) is 16.3. The largest absolute Gasteiger partial charge is 0.478 e. The third-order valence-electron chi connectivity index (χ3n) is 4.10. The summed E-state index contributed by atoms with van der Waals surface area (Å²) in [6.45, 7) is 5.83. The van der Waals surface area contributed by atoms with Crippen molar-refractivity contribution in [3.8, 4) is 5.69 Å². The third kappa shape index (κ3) is 4.31. The minimum absolute atomic E-state index is 0.213. The molecule has 1 aromatic heterocycles. The number of carboxylic acid groups (broad SMARTS) is 1. The van der Waals surface area contributed by atoms with Gasteiger partial charge < -0.3 is 14.7 Å². The van der Waals surface area contributed by atoms with Gasteiger partial charge in [0.05, 0.1) is 23.3 Å². The Hall–Kier alpha value is -3.35. The van der Waals surface area contributed by atoms with Crippen molar-refractivity contribution in [1.29, 1.82) is 0 Å². The van der Waals surface area contributed by atoms with Crippen molar-refractivity contribution in [2.75, 3.05) is 7.05 Å². The molecule has 28 heavy (non-hydrogen) atoms. The van der Waals surface area contributed by atoms with Crippen LogP contribution in [0.2, 0.25) is 0 Å². The molecule has 146 valence electrons. The van der Waals surface area contributed by atoms with Crippen LogP contribution in [0.25, 0.3) is 16.6 Å². The molecule has 0 unspecified atom stereocenters. The van der Waals surface area contributed by atoms with Gasteiger partial charge in [-0.1, -0.05) is 18.2 Å². The number of aromatic carboxylic acids is 1. The maximum Gasteiger partial charge on any atom is 0.410 e. The van der Waals surface area contributed by atoms with Crippen molar-refractivity contribution in [1.82, 2.24) is 14.7 Å². The Morgan fingerprint density at radius 3 is 2.57 bits per heavy atom. The highest BCUT2D eigenvalue weighted by Crippen LogP contribution is 2.21. The number of hydrogen-bond donors (Lipinski definition) is 1. The zero-order chi connectivity index (χ0) is 20.5. The lowest BCUT2D eigenvalue weighted by Gasteiger charge is -2.25. The van der Waals surface area contributed by atoms with Gasteiger partial charge in [0.25, 0.3) is 0 Å². The highest BCUT2D eigenvalue weighted by atomic mass is 16.6. The molecule has 1 N–H and O–H groups in total. The van der Waals surface area contributed by atoms with E-state index in [-0.39, 0.29) is 5.56 Å². The van der Waals surface area contributed by atoms with Crippen molar-refractivity contribution in [2.24, 2.45) is 0 Å². The molecule has 3 aromatic rings. The molecule has 2 aromatic carbocycles. The summed E-state index contributed by atoms with van der Waals surface area (Å²) in [7, 11) is 1.68. The first-order valence-corrected chi connectivity index (χ1v) is 8.89. The molecule has 0 spiro atoms. The van der Waals surface area contributed by atoms with Gasteiger partial charge in [-0.3, -0.25) is 0 Å². The Labute approximate surface area is 163 Å². The van der Waals surface area contributed by atoms with Gasteiger partial charge in [0.15, 0.2) is 0 Å². The number of carbonyl (C=O) groups excluding carboxylic acids is 1. The van der Waals surface area contributed by atoms with E-state index in [0.29, 0.717) is 12.1 Å². The molecule has 7 nitrogen and oxygen atoms in total. The van der Waals surface area contributed by atoms with Gasteiger partial charge in [-0.15, -0.1) is 0 Å². The van der Waals surface area contributed by atoms with E-state index < -0.39 is 17.7 Å². The van der Waals surface area contributed by atoms with E-state index in [1.54, 1.807) is 30.1 Å². The fourth-order valence-electron chi connectivity index (χ4n) is 2.81. The van der Waals surface area contributed by atoms with Gasteiger partial charge in [0, 0.05) is 18.6 Å². The minimum Gasteiger partial charge on any atom is -0.478 e. The summed E-state index contributed by atoms with van der Waals surface area (Å²) in [5.74, 6) is -0.978. The molecule has 0 radical (unpaired) electrons. The second-order valence-electron chi connectivity index (χ2n) is 7.62. The zero-order valence-corrected chi connectivity index (χ0v) is 16.3. The van der Waals surface area contributed by atoms with Crippen LogP contribution in [0, 0.1) is 0 Å². The first kappa shape index (κ1) is 19.4. The van der Waals surface area contributed by atoms with Crippen molar-refractivity contribution >= 4 is 23.0 Å². The summed E-state index contributed by atoms with van der Waals surface area (Å²) in [6, 6.07) is 12.4. The number of rotatable bonds is 4. The van der Waals surface area contributed by atoms with Crippen LogP contribution in [-0.2, 0) is 11.3 Å². The number of carboxylic acids is 1. The van der Waals surface area contributed by atoms with E-state index in [0.717, 1.165) is 16.6 Å². The third-order valence-corrected chi connectivity index (χ3v) is 4.10. The van der Waals surface area contributed by atoms with Gasteiger partial charge in [-0.2, -0.15) is 5.10 Å². The number of ether oxygens (including phenoxy) is 1. The topological polar surface area (TPSA) is 84.7 Å². The Morgan fingerprint density at radius 2 is 1.89 bits per heavy atom. The molecule has 0 aliphatic heterocycles. The van der Waals surface area contributed by atoms with E-state index in [9.17, 15) is 9.59 Å². The summed E-state index contributed by atoms with van der Waals surface area (Å²) < 4.78 is 7.11. The summed E-state index contributed by atoms with van der Waals surface area (Å²) in [5, 5.41) is 14.4. The maximum atomic E-state index is 12.3. The quantitative estimate of drug-likeness (QED) is 0.736. The lowest BCUT2D eigenvalue weighted by atomic mass is 10.1. The van der Waals surface area contributed by atoms with Crippen LogP contribution in [0.15, 0.2) is 48.7 Å². The molecule has 0 aliphatic rings. The summed E-state index contributed by atoms with van der Waals surface area (Å²) >= 11 is 0. The Bertz CT molecular complexity index is 1030. The minimum atomic E-state index is -0.978. The molecule has 1 heterocycles. The molecular formula is C21H23N3O4. The van der Waals surface area contributed by atoms with Crippen molar-refractivity contribution in [2.45, 2.75) is 32.9 Å². The lowest BCUT2D eigenvalue weighted by Crippen LogP contribution is -2.34. The van der Waals surface area contributed by atoms with Crippen LogP contribution in [0.5, 0.6) is 0 Å². The van der Waals surface area contributed by atoms with E-state index in [1.165, 1.54) is 11.0 Å². The molecule has 0 atom stereocenters. The maximum absolute atomic E-state index is 12.3. The molecule has 0 saturated carbocycles. The van der Waals surface area contributed by atoms with Crippen molar-refractivity contribution in [3.05, 3.63) is 59.8 Å². The average Bonchev–Trinajstić information content (AvgIpc) is 3.03. The van der Waals surface area contributed by atoms with Gasteiger partial charge in [0.1, 0.15) is 5.60 Å². The molecule has 7 heteroatoms. The standard InChI is InChI=1S/C21H23N3O4/c1-21(2,3)28-20(27)23(4)12-15-7-5-6-8-18(15)24-13-16-11-14(19(25)26)9-10-17(16)22-24/h5-11,13H,12H2,1-4H3,(H,25,26).